The van der Waals surface area contributed by atoms with Crippen molar-refractivity contribution >= 4 is 38.7 Å². The number of likely N-dealkylation sites (N-methyl/N-ethyl adjacent to an activating group) is 1. The second-order valence-electron chi connectivity index (χ2n) is 8.60. The van der Waals surface area contributed by atoms with E-state index < -0.39 is 0 Å². The summed E-state index contributed by atoms with van der Waals surface area (Å²) in [5, 5.41) is 1.65. The van der Waals surface area contributed by atoms with E-state index in [1.54, 1.807) is 11.7 Å². The summed E-state index contributed by atoms with van der Waals surface area (Å²) >= 11 is 7.53. The Hall–Kier alpha value is -2.80. The van der Waals surface area contributed by atoms with E-state index in [1.807, 2.05) is 48.7 Å². The molecule has 1 aliphatic rings. The number of aromatic nitrogens is 1. The molecule has 0 amide bonds. The molecule has 5 nitrogen and oxygen atoms in total. The average Bonchev–Trinajstić information content (AvgIpc) is 3.48. The third-order valence-corrected chi connectivity index (χ3v) is 7.82. The van der Waals surface area contributed by atoms with E-state index in [0.29, 0.717) is 11.1 Å². The molecule has 7 heteroatoms. The van der Waals surface area contributed by atoms with Gasteiger partial charge in [0.05, 0.1) is 18.5 Å². The first-order chi connectivity index (χ1) is 15.9. The molecule has 0 bridgehead atoms. The number of ether oxygens (including phenoxy) is 1. The highest BCUT2D eigenvalue weighted by atomic mass is 35.5. The number of benzene rings is 2. The molecule has 1 fully saturated rings. The van der Waals surface area contributed by atoms with Crippen molar-refractivity contribution in [1.82, 2.24) is 9.47 Å². The Morgan fingerprint density at radius 1 is 1.09 bits per heavy atom. The van der Waals surface area contributed by atoms with Crippen molar-refractivity contribution in [3.05, 3.63) is 76.2 Å². The molecule has 1 aliphatic heterocycles. The maximum Gasteiger partial charge on any atom is 0.273 e. The maximum atomic E-state index is 13.4. The number of fused-ring (bicyclic) bond motifs is 1. The number of pyridine rings is 1. The Labute approximate surface area is 202 Å². The van der Waals surface area contributed by atoms with Crippen LogP contribution in [0.25, 0.3) is 26.2 Å². The first kappa shape index (κ1) is 22.0. The quantitative estimate of drug-likeness (QED) is 0.377. The summed E-state index contributed by atoms with van der Waals surface area (Å²) in [6.45, 7) is 1.96. The zero-order valence-electron chi connectivity index (χ0n) is 18.9. The number of anilines is 1. The van der Waals surface area contributed by atoms with Crippen molar-refractivity contribution in [1.29, 1.82) is 0 Å². The highest BCUT2D eigenvalue weighted by molar-refractivity contribution is 7.22. The smallest absolute Gasteiger partial charge is 0.273 e. The van der Waals surface area contributed by atoms with E-state index in [9.17, 15) is 4.79 Å². The Bertz CT molecular complexity index is 1360. The number of methoxy groups -OCH3 is 1. The topological polar surface area (TPSA) is 37.7 Å². The van der Waals surface area contributed by atoms with Crippen molar-refractivity contribution in [2.75, 3.05) is 39.2 Å². The van der Waals surface area contributed by atoms with Gasteiger partial charge in [-0.3, -0.25) is 9.36 Å². The monoisotopic (exact) mass is 479 g/mol. The molecular formula is C26H26ClN3O2S. The van der Waals surface area contributed by atoms with Crippen LogP contribution in [-0.2, 0) is 0 Å². The standard InChI is InChI=1S/C26H26ClN3O2S/c1-28(2)21-11-12-29(16-21)22-9-8-20(15-23(22)32-3)30-13-10-18-14-24(33-25(18)26(30)31)17-4-6-19(27)7-5-17/h4-10,13-15,21H,11-12,16H2,1-3H3/t21-/m1/s1. The van der Waals surface area contributed by atoms with Gasteiger partial charge in [-0.05, 0) is 62.5 Å². The zero-order chi connectivity index (χ0) is 23.1. The molecule has 1 saturated heterocycles. The van der Waals surface area contributed by atoms with Gasteiger partial charge in [-0.2, -0.15) is 0 Å². The Kier molecular flexibility index (Phi) is 5.91. The fraction of sp³-hybridized carbons (Fsp3) is 0.269. The van der Waals surface area contributed by atoms with Crippen LogP contribution in [-0.4, -0.2) is 49.8 Å². The normalized spacial score (nSPS) is 16.2. The SMILES string of the molecule is COc1cc(-n2ccc3cc(-c4ccc(Cl)cc4)sc3c2=O)ccc1N1CC[C@@H](N(C)C)C1. The minimum absolute atomic E-state index is 0.0265. The van der Waals surface area contributed by atoms with Gasteiger partial charge >= 0.3 is 0 Å². The van der Waals surface area contributed by atoms with Crippen LogP contribution in [0.2, 0.25) is 5.02 Å². The summed E-state index contributed by atoms with van der Waals surface area (Å²) < 4.78 is 8.17. The second kappa shape index (κ2) is 8.86. The van der Waals surface area contributed by atoms with Crippen molar-refractivity contribution < 1.29 is 4.74 Å². The Balaban J connectivity index is 1.50. The molecule has 170 valence electrons. The molecule has 0 N–H and O–H groups in total. The van der Waals surface area contributed by atoms with Crippen LogP contribution in [0.1, 0.15) is 6.42 Å². The minimum Gasteiger partial charge on any atom is -0.495 e. The summed E-state index contributed by atoms with van der Waals surface area (Å²) in [5.74, 6) is 0.784. The predicted molar refractivity (Wildman–Crippen MR) is 139 cm³/mol. The second-order valence-corrected chi connectivity index (χ2v) is 10.1. The van der Waals surface area contributed by atoms with E-state index >= 15 is 0 Å². The number of thiophene rings is 1. The molecule has 33 heavy (non-hydrogen) atoms. The zero-order valence-corrected chi connectivity index (χ0v) is 20.5. The van der Waals surface area contributed by atoms with E-state index in [-0.39, 0.29) is 5.56 Å². The van der Waals surface area contributed by atoms with Crippen LogP contribution >= 0.6 is 22.9 Å². The molecule has 2 aromatic heterocycles. The van der Waals surface area contributed by atoms with Gasteiger partial charge in [0.25, 0.3) is 5.56 Å². The third kappa shape index (κ3) is 4.14. The summed E-state index contributed by atoms with van der Waals surface area (Å²) in [6.07, 6.45) is 2.97. The fourth-order valence-corrected chi connectivity index (χ4v) is 5.66. The van der Waals surface area contributed by atoms with Gasteiger partial charge in [-0.1, -0.05) is 23.7 Å². The lowest BCUT2D eigenvalue weighted by atomic mass is 10.2. The van der Waals surface area contributed by atoms with Gasteiger partial charge < -0.3 is 14.5 Å². The third-order valence-electron chi connectivity index (χ3n) is 6.38. The van der Waals surface area contributed by atoms with Gasteiger partial charge in [0.15, 0.2) is 0 Å². The highest BCUT2D eigenvalue weighted by Crippen LogP contribution is 2.35. The Morgan fingerprint density at radius 3 is 2.58 bits per heavy atom. The summed E-state index contributed by atoms with van der Waals surface area (Å²) in [5.41, 5.74) is 2.90. The van der Waals surface area contributed by atoms with Gasteiger partial charge in [-0.25, -0.2) is 0 Å². The molecule has 2 aromatic carbocycles. The van der Waals surface area contributed by atoms with Crippen LogP contribution < -0.4 is 15.2 Å². The van der Waals surface area contributed by atoms with Gasteiger partial charge in [-0.15, -0.1) is 11.3 Å². The molecule has 3 heterocycles. The minimum atomic E-state index is -0.0265. The van der Waals surface area contributed by atoms with Gasteiger partial charge in [0, 0.05) is 46.7 Å². The van der Waals surface area contributed by atoms with Crippen LogP contribution in [0.15, 0.2) is 65.6 Å². The number of nitrogens with zero attached hydrogens (tertiary/aromatic N) is 3. The maximum absolute atomic E-state index is 13.4. The summed E-state index contributed by atoms with van der Waals surface area (Å²) in [4.78, 5) is 19.1. The molecular weight excluding hydrogens is 454 g/mol. The number of hydrogen-bond acceptors (Lipinski definition) is 5. The first-order valence-corrected chi connectivity index (χ1v) is 12.1. The molecule has 0 radical (unpaired) electrons. The molecule has 1 atom stereocenters. The summed E-state index contributed by atoms with van der Waals surface area (Å²) in [6, 6.07) is 18.3. The van der Waals surface area contributed by atoms with Crippen molar-refractivity contribution in [3.8, 4) is 21.9 Å². The van der Waals surface area contributed by atoms with Crippen LogP contribution in [0, 0.1) is 0 Å². The largest absolute Gasteiger partial charge is 0.495 e. The lowest BCUT2D eigenvalue weighted by Crippen LogP contribution is -2.31. The molecule has 0 aliphatic carbocycles. The lowest BCUT2D eigenvalue weighted by molar-refractivity contribution is 0.315. The fourth-order valence-electron chi connectivity index (χ4n) is 4.45. The number of hydrogen-bond donors (Lipinski definition) is 0. The van der Waals surface area contributed by atoms with E-state index in [4.69, 9.17) is 16.3 Å². The molecule has 5 rings (SSSR count). The summed E-state index contributed by atoms with van der Waals surface area (Å²) in [7, 11) is 5.94. The highest BCUT2D eigenvalue weighted by Gasteiger charge is 2.26. The van der Waals surface area contributed by atoms with Gasteiger partial charge in [0.1, 0.15) is 10.4 Å². The van der Waals surface area contributed by atoms with Gasteiger partial charge in [0.2, 0.25) is 0 Å². The van der Waals surface area contributed by atoms with Crippen LogP contribution in [0.5, 0.6) is 5.75 Å². The van der Waals surface area contributed by atoms with E-state index in [1.165, 1.54) is 11.3 Å². The molecule has 4 aromatic rings. The number of halogens is 1. The molecule has 0 spiro atoms. The van der Waals surface area contributed by atoms with Crippen molar-refractivity contribution in [3.63, 3.8) is 0 Å². The average molecular weight is 480 g/mol. The van der Waals surface area contributed by atoms with E-state index in [2.05, 4.69) is 36.0 Å². The van der Waals surface area contributed by atoms with Crippen molar-refractivity contribution in [2.45, 2.75) is 12.5 Å². The van der Waals surface area contributed by atoms with Crippen LogP contribution in [0.3, 0.4) is 0 Å². The molecule has 0 saturated carbocycles. The Morgan fingerprint density at radius 2 is 1.88 bits per heavy atom. The van der Waals surface area contributed by atoms with Crippen molar-refractivity contribution in [2.24, 2.45) is 0 Å². The lowest BCUT2D eigenvalue weighted by Gasteiger charge is -2.24. The number of rotatable bonds is 5. The van der Waals surface area contributed by atoms with Crippen LogP contribution in [0.4, 0.5) is 5.69 Å². The molecule has 0 unspecified atom stereocenters. The first-order valence-electron chi connectivity index (χ1n) is 11.0. The van der Waals surface area contributed by atoms with E-state index in [0.717, 1.165) is 57.2 Å². The predicted octanol–water partition coefficient (Wildman–Crippen LogP) is 5.52.